The SMILES string of the molecule is Cc1nc(C)nc(-c2ccc3c4ccccc4n(-c4ccc(-c5cccc(C#N)c5)c(-n5c6ccccc6c6ccc(-c7nc(C)nc(C)n7)cc65)c4C#N)c3c2)n1. The first-order valence-electron chi connectivity index (χ1n) is 18.8. The summed E-state index contributed by atoms with van der Waals surface area (Å²) in [6.45, 7) is 7.46. The van der Waals surface area contributed by atoms with Gasteiger partial charge in [0.15, 0.2) is 11.6 Å². The van der Waals surface area contributed by atoms with Crippen molar-refractivity contribution in [3.63, 3.8) is 0 Å². The van der Waals surface area contributed by atoms with Crippen molar-refractivity contribution in [1.82, 2.24) is 39.0 Å². The first-order valence-corrected chi connectivity index (χ1v) is 18.8. The molecule has 0 N–H and O–H groups in total. The van der Waals surface area contributed by atoms with Crippen LogP contribution < -0.4 is 0 Å². The topological polar surface area (TPSA) is 135 Å². The molecule has 0 aliphatic carbocycles. The highest BCUT2D eigenvalue weighted by Crippen LogP contribution is 2.43. The van der Waals surface area contributed by atoms with E-state index in [9.17, 15) is 10.5 Å². The van der Waals surface area contributed by atoms with Gasteiger partial charge in [0, 0.05) is 38.2 Å². The lowest BCUT2D eigenvalue weighted by molar-refractivity contribution is 0.928. The molecular formula is C48H32N10. The van der Waals surface area contributed by atoms with Crippen molar-refractivity contribution in [2.24, 2.45) is 0 Å². The van der Waals surface area contributed by atoms with Gasteiger partial charge < -0.3 is 9.13 Å². The third kappa shape index (κ3) is 5.47. The minimum absolute atomic E-state index is 0.458. The molecule has 10 heteroatoms. The summed E-state index contributed by atoms with van der Waals surface area (Å²) >= 11 is 0. The molecule has 0 bridgehead atoms. The van der Waals surface area contributed by atoms with E-state index in [1.165, 1.54) is 0 Å². The fourth-order valence-electron chi connectivity index (χ4n) is 8.31. The van der Waals surface area contributed by atoms with Crippen molar-refractivity contribution >= 4 is 43.6 Å². The van der Waals surface area contributed by atoms with Crippen LogP contribution in [0, 0.1) is 50.4 Å². The minimum Gasteiger partial charge on any atom is -0.308 e. The first-order chi connectivity index (χ1) is 28.3. The third-order valence-electron chi connectivity index (χ3n) is 10.6. The van der Waals surface area contributed by atoms with Gasteiger partial charge >= 0.3 is 0 Å². The Bertz CT molecular complexity index is 3390. The predicted octanol–water partition coefficient (Wildman–Crippen LogP) is 10.2. The van der Waals surface area contributed by atoms with Crippen LogP contribution in [-0.2, 0) is 0 Å². The molecule has 10 nitrogen and oxygen atoms in total. The number of hydrogen-bond donors (Lipinski definition) is 0. The van der Waals surface area contributed by atoms with Crippen molar-refractivity contribution in [2.75, 3.05) is 0 Å². The van der Waals surface area contributed by atoms with E-state index < -0.39 is 0 Å². The van der Waals surface area contributed by atoms with E-state index in [-0.39, 0.29) is 0 Å². The van der Waals surface area contributed by atoms with Gasteiger partial charge in [-0.1, -0.05) is 78.9 Å². The number of hydrogen-bond acceptors (Lipinski definition) is 8. The molecule has 0 fully saturated rings. The third-order valence-corrected chi connectivity index (χ3v) is 10.6. The Morgan fingerprint density at radius 1 is 0.431 bits per heavy atom. The minimum atomic E-state index is 0.458. The van der Waals surface area contributed by atoms with E-state index in [1.807, 2.05) is 88.4 Å². The van der Waals surface area contributed by atoms with Crippen molar-refractivity contribution in [2.45, 2.75) is 27.7 Å². The molecule has 58 heavy (non-hydrogen) atoms. The number of aryl methyl sites for hydroxylation is 4. The maximum atomic E-state index is 11.6. The van der Waals surface area contributed by atoms with Gasteiger partial charge in [-0.25, -0.2) is 29.9 Å². The molecule has 0 saturated heterocycles. The van der Waals surface area contributed by atoms with Crippen LogP contribution in [0.5, 0.6) is 0 Å². The van der Waals surface area contributed by atoms with Crippen molar-refractivity contribution < 1.29 is 0 Å². The second kappa shape index (κ2) is 13.3. The molecule has 0 saturated carbocycles. The first kappa shape index (κ1) is 34.4. The van der Waals surface area contributed by atoms with Crippen molar-refractivity contribution in [1.29, 1.82) is 10.5 Å². The monoisotopic (exact) mass is 748 g/mol. The van der Waals surface area contributed by atoms with E-state index in [4.69, 9.17) is 9.97 Å². The zero-order valence-electron chi connectivity index (χ0n) is 32.0. The maximum Gasteiger partial charge on any atom is 0.163 e. The molecule has 0 radical (unpaired) electrons. The summed E-state index contributed by atoms with van der Waals surface area (Å²) in [4.78, 5) is 27.6. The highest BCUT2D eigenvalue weighted by atomic mass is 15.0. The lowest BCUT2D eigenvalue weighted by Crippen LogP contribution is -2.07. The predicted molar refractivity (Wildman–Crippen MR) is 227 cm³/mol. The van der Waals surface area contributed by atoms with Gasteiger partial charge in [-0.05, 0) is 75.7 Å². The van der Waals surface area contributed by atoms with E-state index in [2.05, 4.69) is 95.8 Å². The zero-order chi connectivity index (χ0) is 39.7. The Kier molecular flexibility index (Phi) is 7.89. The van der Waals surface area contributed by atoms with Crippen LogP contribution in [-0.4, -0.2) is 39.0 Å². The van der Waals surface area contributed by atoms with Gasteiger partial charge in [-0.2, -0.15) is 10.5 Å². The Hall–Kier alpha value is -8.08. The van der Waals surface area contributed by atoms with Crippen LogP contribution >= 0.6 is 0 Å². The van der Waals surface area contributed by atoms with Gasteiger partial charge in [0.2, 0.25) is 0 Å². The summed E-state index contributed by atoms with van der Waals surface area (Å²) in [5, 5.41) is 25.7. The molecule has 4 heterocycles. The van der Waals surface area contributed by atoms with Crippen LogP contribution in [0.4, 0.5) is 0 Å². The summed E-state index contributed by atoms with van der Waals surface area (Å²) in [6.07, 6.45) is 0. The highest BCUT2D eigenvalue weighted by Gasteiger charge is 2.25. The van der Waals surface area contributed by atoms with E-state index in [0.717, 1.165) is 65.9 Å². The molecule has 10 rings (SSSR count). The second-order valence-corrected chi connectivity index (χ2v) is 14.3. The summed E-state index contributed by atoms with van der Waals surface area (Å²) in [5.74, 6) is 3.72. The molecule has 0 spiro atoms. The second-order valence-electron chi connectivity index (χ2n) is 14.3. The number of rotatable bonds is 5. The van der Waals surface area contributed by atoms with Crippen LogP contribution in [0.25, 0.3) is 88.9 Å². The van der Waals surface area contributed by atoms with Crippen molar-refractivity contribution in [3.8, 4) is 57.4 Å². The number of nitriles is 2. The molecule has 10 aromatic rings. The molecule has 0 amide bonds. The Morgan fingerprint density at radius 2 is 0.948 bits per heavy atom. The zero-order valence-corrected chi connectivity index (χ0v) is 32.0. The quantitative estimate of drug-likeness (QED) is 0.170. The number of benzene rings is 6. The van der Waals surface area contributed by atoms with Gasteiger partial charge in [0.1, 0.15) is 34.9 Å². The van der Waals surface area contributed by atoms with Crippen LogP contribution in [0.3, 0.4) is 0 Å². The van der Waals surface area contributed by atoms with E-state index in [0.29, 0.717) is 57.4 Å². The average Bonchev–Trinajstić information content (AvgIpc) is 3.74. The fourth-order valence-corrected chi connectivity index (χ4v) is 8.31. The Labute approximate surface area is 333 Å². The van der Waals surface area contributed by atoms with Gasteiger partial charge in [0.25, 0.3) is 0 Å². The standard InChI is InChI=1S/C48H32N10/c1-27-51-28(2)54-47(53-27)33-16-18-38-36-12-5-7-14-41(36)57(44(38)23-33)43-21-20-35(32-11-9-10-31(22-32)25-49)46(40(43)26-50)58-42-15-8-6-13-37(42)39-19-17-34(24-45(39)58)48-55-29(3)52-30(4)56-48/h5-24H,1-4H3. The van der Waals surface area contributed by atoms with Crippen LogP contribution in [0.15, 0.2) is 121 Å². The molecule has 4 aromatic heterocycles. The summed E-state index contributed by atoms with van der Waals surface area (Å²) in [7, 11) is 0. The summed E-state index contributed by atoms with van der Waals surface area (Å²) < 4.78 is 4.35. The van der Waals surface area contributed by atoms with Gasteiger partial charge in [-0.15, -0.1) is 0 Å². The number of aromatic nitrogens is 8. The molecule has 0 unspecified atom stereocenters. The molecule has 0 aliphatic heterocycles. The average molecular weight is 749 g/mol. The van der Waals surface area contributed by atoms with Gasteiger partial charge in [-0.3, -0.25) is 0 Å². The lowest BCUT2D eigenvalue weighted by atomic mass is 9.97. The number of fused-ring (bicyclic) bond motifs is 6. The molecule has 274 valence electrons. The van der Waals surface area contributed by atoms with Crippen LogP contribution in [0.2, 0.25) is 0 Å². The van der Waals surface area contributed by atoms with E-state index >= 15 is 0 Å². The maximum absolute atomic E-state index is 11.6. The fraction of sp³-hybridized carbons (Fsp3) is 0.0833. The largest absolute Gasteiger partial charge is 0.308 e. The molecule has 6 aromatic carbocycles. The molecule has 0 atom stereocenters. The van der Waals surface area contributed by atoms with Gasteiger partial charge in [0.05, 0.1) is 45.1 Å². The number of nitrogens with zero attached hydrogens (tertiary/aromatic N) is 10. The lowest BCUT2D eigenvalue weighted by Gasteiger charge is -2.20. The molecule has 0 aliphatic rings. The Balaban J connectivity index is 1.34. The summed E-state index contributed by atoms with van der Waals surface area (Å²) in [5.41, 5.74) is 9.31. The van der Waals surface area contributed by atoms with E-state index in [1.54, 1.807) is 6.07 Å². The normalized spacial score (nSPS) is 11.4. The number of para-hydroxylation sites is 2. The summed E-state index contributed by atoms with van der Waals surface area (Å²) in [6, 6.07) is 45.6. The highest BCUT2D eigenvalue weighted by molar-refractivity contribution is 6.12. The van der Waals surface area contributed by atoms with Crippen molar-refractivity contribution in [3.05, 3.63) is 156 Å². The molecular weight excluding hydrogens is 717 g/mol. The van der Waals surface area contributed by atoms with Crippen LogP contribution in [0.1, 0.15) is 34.4 Å². The Morgan fingerprint density at radius 3 is 1.50 bits per heavy atom. The smallest absolute Gasteiger partial charge is 0.163 e.